The molecule has 0 N–H and O–H groups in total. The maximum absolute atomic E-state index is 13.4. The zero-order chi connectivity index (χ0) is 14.0. The van der Waals surface area contributed by atoms with Crippen molar-refractivity contribution in [2.24, 2.45) is 0 Å². The van der Waals surface area contributed by atoms with Crippen LogP contribution in [-0.2, 0) is 0 Å². The molecule has 1 unspecified atom stereocenters. The highest BCUT2D eigenvalue weighted by molar-refractivity contribution is 9.09. The molecule has 100 valence electrons. The van der Waals surface area contributed by atoms with Gasteiger partial charge in [-0.05, 0) is 48.4 Å². The van der Waals surface area contributed by atoms with Crippen molar-refractivity contribution in [1.82, 2.24) is 0 Å². The maximum atomic E-state index is 13.4. The zero-order valence-electron chi connectivity index (χ0n) is 10.6. The molecule has 0 radical (unpaired) electrons. The third kappa shape index (κ3) is 3.10. The minimum absolute atomic E-state index is 0.143. The molecule has 1 atom stereocenters. The first kappa shape index (κ1) is 14.4. The van der Waals surface area contributed by atoms with Gasteiger partial charge < -0.3 is 4.74 Å². The normalized spacial score (nSPS) is 12.3. The van der Waals surface area contributed by atoms with Crippen LogP contribution in [0.5, 0.6) is 5.75 Å². The molecule has 2 aromatic rings. The summed E-state index contributed by atoms with van der Waals surface area (Å²) < 4.78 is 18.7. The Hall–Kier alpha value is -1.06. The first-order valence-electron chi connectivity index (χ1n) is 5.76. The first-order chi connectivity index (χ1) is 9.02. The van der Waals surface area contributed by atoms with Gasteiger partial charge in [-0.25, -0.2) is 4.39 Å². The van der Waals surface area contributed by atoms with Crippen LogP contribution in [-0.4, -0.2) is 7.11 Å². The van der Waals surface area contributed by atoms with Crippen molar-refractivity contribution in [2.45, 2.75) is 11.8 Å². The van der Waals surface area contributed by atoms with Gasteiger partial charge in [0.1, 0.15) is 11.6 Å². The summed E-state index contributed by atoms with van der Waals surface area (Å²) in [6, 6.07) is 10.1. The minimum atomic E-state index is -0.285. The van der Waals surface area contributed by atoms with Crippen molar-refractivity contribution in [1.29, 1.82) is 0 Å². The van der Waals surface area contributed by atoms with Crippen molar-refractivity contribution in [2.75, 3.05) is 7.11 Å². The molecule has 19 heavy (non-hydrogen) atoms. The number of methoxy groups -OCH3 is 1. The Kier molecular flexibility index (Phi) is 4.48. The van der Waals surface area contributed by atoms with Crippen LogP contribution in [0.1, 0.15) is 21.5 Å². The van der Waals surface area contributed by atoms with Crippen LogP contribution in [0.2, 0.25) is 5.02 Å². The van der Waals surface area contributed by atoms with Gasteiger partial charge in [0.15, 0.2) is 0 Å². The van der Waals surface area contributed by atoms with E-state index in [2.05, 4.69) is 15.9 Å². The maximum Gasteiger partial charge on any atom is 0.123 e. The monoisotopic (exact) mass is 342 g/mol. The van der Waals surface area contributed by atoms with E-state index in [0.29, 0.717) is 10.8 Å². The van der Waals surface area contributed by atoms with Crippen LogP contribution in [0.4, 0.5) is 4.39 Å². The summed E-state index contributed by atoms with van der Waals surface area (Å²) in [5.41, 5.74) is 2.84. The number of benzene rings is 2. The van der Waals surface area contributed by atoms with E-state index in [0.717, 1.165) is 16.7 Å². The quantitative estimate of drug-likeness (QED) is 0.689. The molecule has 4 heteroatoms. The molecule has 0 heterocycles. The van der Waals surface area contributed by atoms with Gasteiger partial charge in [0.2, 0.25) is 0 Å². The third-order valence-electron chi connectivity index (χ3n) is 2.97. The lowest BCUT2D eigenvalue weighted by Crippen LogP contribution is -2.00. The molecule has 0 aliphatic carbocycles. The standard InChI is InChI=1S/C15H13BrClFO/c1-9-7-10(17)3-5-12(9)15(16)13-8-11(18)4-6-14(13)19-2/h3-8,15H,1-2H3. The molecule has 2 rings (SSSR count). The van der Waals surface area contributed by atoms with Gasteiger partial charge in [-0.15, -0.1) is 0 Å². The molecule has 2 aromatic carbocycles. The lowest BCUT2D eigenvalue weighted by atomic mass is 9.99. The topological polar surface area (TPSA) is 9.23 Å². The number of halogens is 3. The number of hydrogen-bond acceptors (Lipinski definition) is 1. The first-order valence-corrected chi connectivity index (χ1v) is 7.06. The molecular formula is C15H13BrClFO. The fraction of sp³-hybridized carbons (Fsp3) is 0.200. The number of alkyl halides is 1. The van der Waals surface area contributed by atoms with Crippen molar-refractivity contribution < 1.29 is 9.13 Å². The van der Waals surface area contributed by atoms with Crippen LogP contribution in [0.25, 0.3) is 0 Å². The van der Waals surface area contributed by atoms with Crippen molar-refractivity contribution in [3.63, 3.8) is 0 Å². The SMILES string of the molecule is COc1ccc(F)cc1C(Br)c1ccc(Cl)cc1C. The zero-order valence-corrected chi connectivity index (χ0v) is 12.9. The molecule has 0 aromatic heterocycles. The molecule has 0 aliphatic rings. The highest BCUT2D eigenvalue weighted by Crippen LogP contribution is 2.38. The van der Waals surface area contributed by atoms with Crippen molar-refractivity contribution in [3.05, 3.63) is 63.9 Å². The fourth-order valence-electron chi connectivity index (χ4n) is 1.99. The van der Waals surface area contributed by atoms with E-state index < -0.39 is 0 Å². The number of hydrogen-bond donors (Lipinski definition) is 0. The molecular weight excluding hydrogens is 331 g/mol. The highest BCUT2D eigenvalue weighted by Gasteiger charge is 2.18. The molecule has 0 bridgehead atoms. The van der Waals surface area contributed by atoms with E-state index in [-0.39, 0.29) is 10.6 Å². The smallest absolute Gasteiger partial charge is 0.123 e. The average molecular weight is 344 g/mol. The second-order valence-corrected chi connectivity index (χ2v) is 5.60. The van der Waals surface area contributed by atoms with Gasteiger partial charge in [-0.1, -0.05) is 33.6 Å². The number of rotatable bonds is 3. The third-order valence-corrected chi connectivity index (χ3v) is 4.19. The van der Waals surface area contributed by atoms with E-state index in [4.69, 9.17) is 16.3 Å². The second-order valence-electron chi connectivity index (χ2n) is 4.25. The highest BCUT2D eigenvalue weighted by atomic mass is 79.9. The molecule has 1 nitrogen and oxygen atoms in total. The van der Waals surface area contributed by atoms with Crippen molar-refractivity contribution in [3.8, 4) is 5.75 Å². The van der Waals surface area contributed by atoms with Gasteiger partial charge in [0.25, 0.3) is 0 Å². The minimum Gasteiger partial charge on any atom is -0.496 e. The largest absolute Gasteiger partial charge is 0.496 e. The predicted molar refractivity (Wildman–Crippen MR) is 79.9 cm³/mol. The van der Waals surface area contributed by atoms with E-state index in [1.807, 2.05) is 25.1 Å². The van der Waals surface area contributed by atoms with Crippen molar-refractivity contribution >= 4 is 27.5 Å². The summed E-state index contributed by atoms with van der Waals surface area (Å²) in [5, 5.41) is 0.687. The van der Waals surface area contributed by atoms with Gasteiger partial charge in [0, 0.05) is 10.6 Å². The average Bonchev–Trinajstić information content (AvgIpc) is 2.38. The van der Waals surface area contributed by atoms with E-state index in [1.54, 1.807) is 13.2 Å². The Bertz CT molecular complexity index is 601. The van der Waals surface area contributed by atoms with Gasteiger partial charge >= 0.3 is 0 Å². The Balaban J connectivity index is 2.49. The molecule has 0 amide bonds. The summed E-state index contributed by atoms with van der Waals surface area (Å²) in [6.45, 7) is 1.97. The Morgan fingerprint density at radius 2 is 1.89 bits per heavy atom. The Morgan fingerprint density at radius 1 is 1.16 bits per heavy atom. The Morgan fingerprint density at radius 3 is 2.53 bits per heavy atom. The van der Waals surface area contributed by atoms with Crippen LogP contribution in [0.3, 0.4) is 0 Å². The number of ether oxygens (including phenoxy) is 1. The van der Waals surface area contributed by atoms with Crippen LogP contribution in [0, 0.1) is 12.7 Å². The number of aryl methyl sites for hydroxylation is 1. The Labute approximate surface area is 125 Å². The molecule has 0 saturated heterocycles. The van der Waals surface area contributed by atoms with Gasteiger partial charge in [-0.3, -0.25) is 0 Å². The fourth-order valence-corrected chi connectivity index (χ4v) is 3.09. The van der Waals surface area contributed by atoms with Crippen LogP contribution < -0.4 is 4.74 Å². The van der Waals surface area contributed by atoms with Gasteiger partial charge in [0.05, 0.1) is 11.9 Å². The summed E-state index contributed by atoms with van der Waals surface area (Å²) in [5.74, 6) is 0.365. The molecule has 0 aliphatic heterocycles. The lowest BCUT2D eigenvalue weighted by molar-refractivity contribution is 0.409. The summed E-state index contributed by atoms with van der Waals surface area (Å²) in [7, 11) is 1.57. The predicted octanol–water partition coefficient (Wildman–Crippen LogP) is 5.28. The summed E-state index contributed by atoms with van der Waals surface area (Å²) >= 11 is 9.56. The lowest BCUT2D eigenvalue weighted by Gasteiger charge is -2.17. The van der Waals surface area contributed by atoms with Crippen LogP contribution in [0.15, 0.2) is 36.4 Å². The summed E-state index contributed by atoms with van der Waals surface area (Å²) in [4.78, 5) is -0.143. The second kappa shape index (κ2) is 5.93. The van der Waals surface area contributed by atoms with E-state index in [9.17, 15) is 4.39 Å². The molecule has 0 fully saturated rings. The van der Waals surface area contributed by atoms with E-state index in [1.165, 1.54) is 12.1 Å². The van der Waals surface area contributed by atoms with E-state index >= 15 is 0 Å². The van der Waals surface area contributed by atoms with Gasteiger partial charge in [-0.2, -0.15) is 0 Å². The molecule has 0 spiro atoms. The summed E-state index contributed by atoms with van der Waals surface area (Å²) in [6.07, 6.45) is 0. The molecule has 0 saturated carbocycles. The van der Waals surface area contributed by atoms with Crippen LogP contribution >= 0.6 is 27.5 Å².